The molecule has 2 rings (SSSR count). The molecule has 0 saturated heterocycles. The minimum atomic E-state index is -0.655. The molecule has 1 saturated carbocycles. The van der Waals surface area contributed by atoms with Crippen LogP contribution in [-0.4, -0.2) is 49.1 Å². The minimum Gasteiger partial charge on any atom is -0.469 e. The lowest BCUT2D eigenvalue weighted by atomic mass is 9.59. The number of thioether (sulfide) groups is 1. The SMILES string of the molecule is CCC1(CC(c2ccccc2)C(C)(C)CC(C)(C(=O)OC)C(C)(CC)SCCCN(C)C)CC1(C)C#N. The molecule has 0 amide bonds. The Morgan fingerprint density at radius 2 is 1.81 bits per heavy atom. The second-order valence-corrected chi connectivity index (χ2v) is 14.6. The first-order chi connectivity index (χ1) is 17.2. The van der Waals surface area contributed by atoms with Gasteiger partial charge in [0.1, 0.15) is 0 Å². The fourth-order valence-electron chi connectivity index (χ4n) is 6.73. The molecule has 37 heavy (non-hydrogen) atoms. The molecule has 0 bridgehead atoms. The van der Waals surface area contributed by atoms with Crippen LogP contribution in [-0.2, 0) is 9.53 Å². The van der Waals surface area contributed by atoms with Gasteiger partial charge in [-0.2, -0.15) is 17.0 Å². The van der Waals surface area contributed by atoms with E-state index in [1.54, 1.807) is 0 Å². The van der Waals surface area contributed by atoms with Crippen LogP contribution in [0.15, 0.2) is 30.3 Å². The second kappa shape index (κ2) is 12.1. The van der Waals surface area contributed by atoms with Crippen molar-refractivity contribution in [3.8, 4) is 6.07 Å². The van der Waals surface area contributed by atoms with Gasteiger partial charge >= 0.3 is 5.97 Å². The molecule has 5 heteroatoms. The predicted octanol–water partition coefficient (Wildman–Crippen LogP) is 7.94. The number of carbonyl (C=O) groups excluding carboxylic acids is 1. The van der Waals surface area contributed by atoms with Crippen LogP contribution >= 0.6 is 11.8 Å². The zero-order valence-electron chi connectivity index (χ0n) is 25.2. The summed E-state index contributed by atoms with van der Waals surface area (Å²) in [5, 5.41) is 9.97. The monoisotopic (exact) mass is 528 g/mol. The van der Waals surface area contributed by atoms with Gasteiger partial charge in [-0.1, -0.05) is 58.0 Å². The third-order valence-electron chi connectivity index (χ3n) is 9.86. The number of methoxy groups -OCH3 is 1. The quantitative estimate of drug-likeness (QED) is 0.171. The lowest BCUT2D eigenvalue weighted by Crippen LogP contribution is -2.51. The van der Waals surface area contributed by atoms with E-state index in [-0.39, 0.29) is 32.9 Å². The zero-order chi connectivity index (χ0) is 28.1. The van der Waals surface area contributed by atoms with Gasteiger partial charge in [0.05, 0.1) is 24.0 Å². The van der Waals surface area contributed by atoms with E-state index >= 15 is 0 Å². The third kappa shape index (κ3) is 6.56. The van der Waals surface area contributed by atoms with E-state index < -0.39 is 5.41 Å². The predicted molar refractivity (Wildman–Crippen MR) is 158 cm³/mol. The summed E-state index contributed by atoms with van der Waals surface area (Å²) < 4.78 is 5.26. The molecule has 0 aromatic heterocycles. The van der Waals surface area contributed by atoms with Crippen molar-refractivity contribution in [2.24, 2.45) is 21.7 Å². The van der Waals surface area contributed by atoms with Gasteiger partial charge in [-0.05, 0) is 108 Å². The average Bonchev–Trinajstić information content (AvgIpc) is 3.48. The highest BCUT2D eigenvalue weighted by Gasteiger charge is 2.65. The summed E-state index contributed by atoms with van der Waals surface area (Å²) >= 11 is 1.93. The van der Waals surface area contributed by atoms with E-state index in [0.29, 0.717) is 0 Å². The maximum absolute atomic E-state index is 13.6. The van der Waals surface area contributed by atoms with Crippen LogP contribution in [0, 0.1) is 33.0 Å². The van der Waals surface area contributed by atoms with Crippen LogP contribution in [0.4, 0.5) is 0 Å². The van der Waals surface area contributed by atoms with Gasteiger partial charge in [0.15, 0.2) is 0 Å². The highest BCUT2D eigenvalue weighted by Crippen LogP contribution is 2.70. The fraction of sp³-hybridized carbons (Fsp3) is 0.750. The van der Waals surface area contributed by atoms with E-state index in [4.69, 9.17) is 4.74 Å². The largest absolute Gasteiger partial charge is 0.469 e. The number of carbonyl (C=O) groups is 1. The standard InChI is InChI=1S/C32H52N2O2S/c1-11-31(7,37-20-16-19-34(8)9)30(6,27(35)36-10)22-28(3,4)26(25-17-14-13-15-18-25)21-32(12-2)23-29(32,5)24-33/h13-15,17-18,26H,11-12,16,19-23H2,1-10H3. The average molecular weight is 529 g/mol. The number of ether oxygens (including phenoxy) is 1. The number of hydrogen-bond donors (Lipinski definition) is 0. The van der Waals surface area contributed by atoms with Crippen molar-refractivity contribution >= 4 is 17.7 Å². The topological polar surface area (TPSA) is 53.3 Å². The zero-order valence-corrected chi connectivity index (χ0v) is 26.1. The Morgan fingerprint density at radius 3 is 2.27 bits per heavy atom. The molecule has 1 aliphatic carbocycles. The minimum absolute atomic E-state index is 0.0240. The van der Waals surface area contributed by atoms with Crippen molar-refractivity contribution in [3.63, 3.8) is 0 Å². The van der Waals surface area contributed by atoms with Crippen LogP contribution in [0.1, 0.15) is 98.5 Å². The molecular weight excluding hydrogens is 476 g/mol. The van der Waals surface area contributed by atoms with Crippen LogP contribution in [0.25, 0.3) is 0 Å². The van der Waals surface area contributed by atoms with Gasteiger partial charge in [0.25, 0.3) is 0 Å². The number of nitriles is 1. The molecule has 1 aromatic rings. The molecule has 4 nitrogen and oxygen atoms in total. The summed E-state index contributed by atoms with van der Waals surface area (Å²) in [5.74, 6) is 1.12. The van der Waals surface area contributed by atoms with Crippen molar-refractivity contribution in [1.82, 2.24) is 4.90 Å². The molecule has 5 atom stereocenters. The molecule has 5 unspecified atom stereocenters. The number of rotatable bonds is 15. The summed E-state index contributed by atoms with van der Waals surface area (Å²) in [6, 6.07) is 13.4. The molecule has 1 fully saturated rings. The van der Waals surface area contributed by atoms with E-state index in [1.165, 1.54) is 12.7 Å². The van der Waals surface area contributed by atoms with E-state index in [0.717, 1.165) is 50.8 Å². The maximum Gasteiger partial charge on any atom is 0.312 e. The van der Waals surface area contributed by atoms with Gasteiger partial charge in [0.2, 0.25) is 0 Å². The summed E-state index contributed by atoms with van der Waals surface area (Å²) in [7, 11) is 5.74. The Labute approximate surface area is 231 Å². The normalized spacial score (nSPS) is 25.6. The van der Waals surface area contributed by atoms with Gasteiger partial charge in [-0.25, -0.2) is 0 Å². The molecular formula is C32H52N2O2S. The Morgan fingerprint density at radius 1 is 1.19 bits per heavy atom. The summed E-state index contributed by atoms with van der Waals surface area (Å²) in [6.45, 7) is 16.7. The fourth-order valence-corrected chi connectivity index (χ4v) is 8.14. The number of benzene rings is 1. The number of esters is 1. The van der Waals surface area contributed by atoms with E-state index in [9.17, 15) is 10.1 Å². The van der Waals surface area contributed by atoms with E-state index in [1.807, 2.05) is 11.8 Å². The first kappa shape index (κ1) is 31.7. The van der Waals surface area contributed by atoms with Crippen LogP contribution < -0.4 is 0 Å². The summed E-state index contributed by atoms with van der Waals surface area (Å²) in [5.41, 5.74) is 0.215. The highest BCUT2D eigenvalue weighted by atomic mass is 32.2. The van der Waals surface area contributed by atoms with Crippen LogP contribution in [0.5, 0.6) is 0 Å². The molecule has 0 heterocycles. The van der Waals surface area contributed by atoms with E-state index in [2.05, 4.69) is 104 Å². The molecule has 0 spiro atoms. The second-order valence-electron chi connectivity index (χ2n) is 13.0. The van der Waals surface area contributed by atoms with Crippen LogP contribution in [0.2, 0.25) is 0 Å². The first-order valence-electron chi connectivity index (χ1n) is 14.0. The number of hydrogen-bond acceptors (Lipinski definition) is 5. The van der Waals surface area contributed by atoms with Crippen molar-refractivity contribution in [2.75, 3.05) is 33.5 Å². The smallest absolute Gasteiger partial charge is 0.312 e. The van der Waals surface area contributed by atoms with Gasteiger partial charge in [0, 0.05) is 4.75 Å². The first-order valence-corrected chi connectivity index (χ1v) is 15.0. The molecule has 1 aliphatic rings. The van der Waals surface area contributed by atoms with Gasteiger partial charge < -0.3 is 9.64 Å². The highest BCUT2D eigenvalue weighted by molar-refractivity contribution is 8.00. The molecule has 0 radical (unpaired) electrons. The van der Waals surface area contributed by atoms with Crippen molar-refractivity contribution in [2.45, 2.75) is 97.7 Å². The molecule has 1 aromatic carbocycles. The van der Waals surface area contributed by atoms with Crippen molar-refractivity contribution in [3.05, 3.63) is 35.9 Å². The molecule has 0 N–H and O–H groups in total. The van der Waals surface area contributed by atoms with Crippen LogP contribution in [0.3, 0.4) is 0 Å². The Bertz CT molecular complexity index is 942. The Balaban J connectivity index is 2.48. The van der Waals surface area contributed by atoms with Crippen molar-refractivity contribution in [1.29, 1.82) is 5.26 Å². The van der Waals surface area contributed by atoms with Gasteiger partial charge in [-0.3, -0.25) is 4.79 Å². The maximum atomic E-state index is 13.6. The van der Waals surface area contributed by atoms with Gasteiger partial charge in [-0.15, -0.1) is 0 Å². The molecule has 208 valence electrons. The lowest BCUT2D eigenvalue weighted by molar-refractivity contribution is -0.156. The lowest BCUT2D eigenvalue weighted by Gasteiger charge is -2.49. The number of nitrogens with zero attached hydrogens (tertiary/aromatic N) is 2. The van der Waals surface area contributed by atoms with Crippen molar-refractivity contribution < 1.29 is 9.53 Å². The summed E-state index contributed by atoms with van der Waals surface area (Å²) in [6.07, 6.45) is 5.62. The molecule has 0 aliphatic heterocycles. The Kier molecular flexibility index (Phi) is 10.4. The summed E-state index contributed by atoms with van der Waals surface area (Å²) in [4.78, 5) is 15.8. The Hall–Kier alpha value is -1.51. The third-order valence-corrected chi connectivity index (χ3v) is 11.7.